The summed E-state index contributed by atoms with van der Waals surface area (Å²) in [5, 5.41) is 0.702. The first-order chi connectivity index (χ1) is 14.4. The fraction of sp³-hybridized carbons (Fsp3) is 0.0526. The van der Waals surface area contributed by atoms with Gasteiger partial charge in [0.15, 0.2) is 0 Å². The van der Waals surface area contributed by atoms with Gasteiger partial charge in [0, 0.05) is 25.2 Å². The fourth-order valence-electron chi connectivity index (χ4n) is 2.56. The smallest absolute Gasteiger partial charge is 0.261 e. The molecule has 0 bridgehead atoms. The highest BCUT2D eigenvalue weighted by Gasteiger charge is 2.19. The van der Waals surface area contributed by atoms with Gasteiger partial charge in [-0.2, -0.15) is 0 Å². The van der Waals surface area contributed by atoms with E-state index >= 15 is 0 Å². The van der Waals surface area contributed by atoms with Crippen LogP contribution in [-0.4, -0.2) is 16.8 Å². The van der Waals surface area contributed by atoms with E-state index in [0.29, 0.717) is 20.7 Å². The van der Waals surface area contributed by atoms with Gasteiger partial charge < -0.3 is 0 Å². The lowest BCUT2D eigenvalue weighted by atomic mass is 10.2. The summed E-state index contributed by atoms with van der Waals surface area (Å²) < 4.78 is 56.1. The summed E-state index contributed by atoms with van der Waals surface area (Å²) in [7, 11) is -7.91. The van der Waals surface area contributed by atoms with Crippen LogP contribution in [0.15, 0.2) is 68.9 Å². The molecule has 0 radical (unpaired) electrons. The number of anilines is 2. The Morgan fingerprint density at radius 3 is 1.81 bits per heavy atom. The molecule has 31 heavy (non-hydrogen) atoms. The molecule has 0 aliphatic rings. The van der Waals surface area contributed by atoms with Gasteiger partial charge in [-0.3, -0.25) is 9.44 Å². The molecular formula is C19H14BrCl3N2O4S2. The first-order valence-corrected chi connectivity index (χ1v) is 13.3. The van der Waals surface area contributed by atoms with Crippen LogP contribution in [0.1, 0.15) is 5.56 Å². The Morgan fingerprint density at radius 2 is 1.23 bits per heavy atom. The lowest BCUT2D eigenvalue weighted by molar-refractivity contribution is 0.600. The molecule has 0 spiro atoms. The van der Waals surface area contributed by atoms with Crippen LogP contribution in [-0.2, 0) is 20.0 Å². The Labute approximate surface area is 203 Å². The summed E-state index contributed by atoms with van der Waals surface area (Å²) in [5.74, 6) is 0. The van der Waals surface area contributed by atoms with Gasteiger partial charge in [-0.15, -0.1) is 0 Å². The Hall–Kier alpha value is -1.49. The van der Waals surface area contributed by atoms with Crippen molar-refractivity contribution in [2.24, 2.45) is 0 Å². The normalized spacial score (nSPS) is 11.9. The van der Waals surface area contributed by atoms with Gasteiger partial charge in [0.25, 0.3) is 20.0 Å². The van der Waals surface area contributed by atoms with Gasteiger partial charge >= 0.3 is 0 Å². The monoisotopic (exact) mass is 582 g/mol. The topological polar surface area (TPSA) is 92.3 Å². The second-order valence-corrected chi connectivity index (χ2v) is 11.9. The van der Waals surface area contributed by atoms with E-state index in [1.807, 2.05) is 0 Å². The molecule has 0 aliphatic carbocycles. The molecule has 0 saturated carbocycles. The lowest BCUT2D eigenvalue weighted by Gasteiger charge is -2.13. The zero-order chi connectivity index (χ0) is 23.0. The molecule has 6 nitrogen and oxygen atoms in total. The summed E-state index contributed by atoms with van der Waals surface area (Å²) >= 11 is 21.1. The largest absolute Gasteiger partial charge is 0.280 e. The lowest BCUT2D eigenvalue weighted by Crippen LogP contribution is -2.15. The average molecular weight is 585 g/mol. The second-order valence-electron chi connectivity index (χ2n) is 6.40. The Bertz CT molecular complexity index is 1340. The third kappa shape index (κ3) is 5.85. The second kappa shape index (κ2) is 9.17. The standard InChI is InChI=1S/C19H14BrCl3N2O4S2/c1-11-18(20)9-14(23)10-19(11)25-30(26,27)16-4-2-15(3-5-16)24-31(28,29)17-7-12(21)6-13(22)8-17/h2-10,24-25H,1H3. The van der Waals surface area contributed by atoms with Crippen LogP contribution in [0.3, 0.4) is 0 Å². The maximum Gasteiger partial charge on any atom is 0.261 e. The first kappa shape index (κ1) is 24.2. The van der Waals surface area contributed by atoms with Crippen molar-refractivity contribution in [1.29, 1.82) is 0 Å². The van der Waals surface area contributed by atoms with E-state index in [2.05, 4.69) is 25.4 Å². The summed E-state index contributed by atoms with van der Waals surface area (Å²) in [6, 6.07) is 12.3. The van der Waals surface area contributed by atoms with E-state index in [-0.39, 0.29) is 25.5 Å². The van der Waals surface area contributed by atoms with Gasteiger partial charge in [-0.05, 0) is 67.1 Å². The quantitative estimate of drug-likeness (QED) is 0.355. The molecule has 0 atom stereocenters. The molecule has 3 aromatic carbocycles. The Kier molecular flexibility index (Phi) is 7.15. The molecule has 3 aromatic rings. The van der Waals surface area contributed by atoms with E-state index in [1.54, 1.807) is 13.0 Å². The number of halogens is 4. The minimum atomic E-state index is -3.97. The van der Waals surface area contributed by atoms with Gasteiger partial charge in [-0.1, -0.05) is 50.7 Å². The van der Waals surface area contributed by atoms with Crippen molar-refractivity contribution in [1.82, 2.24) is 0 Å². The molecule has 164 valence electrons. The Balaban J connectivity index is 1.84. The number of sulfonamides is 2. The predicted octanol–water partition coefficient (Wildman–Crippen LogP) is 6.32. The molecule has 0 heterocycles. The van der Waals surface area contributed by atoms with Crippen LogP contribution < -0.4 is 9.44 Å². The van der Waals surface area contributed by atoms with Crippen molar-refractivity contribution < 1.29 is 16.8 Å². The molecule has 0 saturated heterocycles. The van der Waals surface area contributed by atoms with E-state index in [4.69, 9.17) is 34.8 Å². The third-order valence-corrected chi connectivity index (χ3v) is 8.34. The van der Waals surface area contributed by atoms with Crippen LogP contribution in [0.4, 0.5) is 11.4 Å². The van der Waals surface area contributed by atoms with Gasteiger partial charge in [0.1, 0.15) is 0 Å². The molecule has 3 rings (SSSR count). The number of rotatable bonds is 6. The van der Waals surface area contributed by atoms with E-state index in [9.17, 15) is 16.8 Å². The minimum absolute atomic E-state index is 0.0586. The van der Waals surface area contributed by atoms with Crippen molar-refractivity contribution >= 4 is 82.2 Å². The van der Waals surface area contributed by atoms with Gasteiger partial charge in [0.2, 0.25) is 0 Å². The van der Waals surface area contributed by atoms with E-state index < -0.39 is 20.0 Å². The van der Waals surface area contributed by atoms with Crippen molar-refractivity contribution in [3.05, 3.63) is 79.7 Å². The maximum absolute atomic E-state index is 12.7. The molecule has 0 aromatic heterocycles. The predicted molar refractivity (Wildman–Crippen MR) is 128 cm³/mol. The number of hydrogen-bond acceptors (Lipinski definition) is 4. The highest BCUT2D eigenvalue weighted by Crippen LogP contribution is 2.30. The summed E-state index contributed by atoms with van der Waals surface area (Å²) in [5.41, 5.74) is 1.15. The highest BCUT2D eigenvalue weighted by molar-refractivity contribution is 9.10. The average Bonchev–Trinajstić information content (AvgIpc) is 2.65. The number of benzene rings is 3. The summed E-state index contributed by atoms with van der Waals surface area (Å²) in [6.45, 7) is 1.73. The highest BCUT2D eigenvalue weighted by atomic mass is 79.9. The zero-order valence-electron chi connectivity index (χ0n) is 15.7. The molecule has 0 aliphatic heterocycles. The molecular weight excluding hydrogens is 571 g/mol. The van der Waals surface area contributed by atoms with Crippen LogP contribution in [0.2, 0.25) is 15.1 Å². The van der Waals surface area contributed by atoms with Crippen molar-refractivity contribution in [3.8, 4) is 0 Å². The molecule has 2 N–H and O–H groups in total. The summed E-state index contributed by atoms with van der Waals surface area (Å²) in [4.78, 5) is -0.179. The van der Waals surface area contributed by atoms with Crippen LogP contribution in [0.5, 0.6) is 0 Å². The van der Waals surface area contributed by atoms with Crippen LogP contribution in [0.25, 0.3) is 0 Å². The van der Waals surface area contributed by atoms with Gasteiger partial charge in [0.05, 0.1) is 15.5 Å². The zero-order valence-corrected chi connectivity index (χ0v) is 21.1. The first-order valence-electron chi connectivity index (χ1n) is 8.45. The fourth-order valence-corrected chi connectivity index (χ4v) is 6.26. The molecule has 0 unspecified atom stereocenters. The van der Waals surface area contributed by atoms with Crippen molar-refractivity contribution in [2.45, 2.75) is 16.7 Å². The SMILES string of the molecule is Cc1c(Br)cc(Cl)cc1NS(=O)(=O)c1ccc(NS(=O)(=O)c2cc(Cl)cc(Cl)c2)cc1. The molecule has 12 heteroatoms. The summed E-state index contributed by atoms with van der Waals surface area (Å²) in [6.07, 6.45) is 0. The van der Waals surface area contributed by atoms with E-state index in [0.717, 1.165) is 0 Å². The maximum atomic E-state index is 12.7. The van der Waals surface area contributed by atoms with Crippen molar-refractivity contribution in [2.75, 3.05) is 9.44 Å². The van der Waals surface area contributed by atoms with E-state index in [1.165, 1.54) is 48.5 Å². The van der Waals surface area contributed by atoms with Crippen LogP contribution >= 0.6 is 50.7 Å². The van der Waals surface area contributed by atoms with Crippen LogP contribution in [0, 0.1) is 6.92 Å². The van der Waals surface area contributed by atoms with Crippen molar-refractivity contribution in [3.63, 3.8) is 0 Å². The Morgan fingerprint density at radius 1 is 0.710 bits per heavy atom. The number of hydrogen-bond donors (Lipinski definition) is 2. The number of nitrogens with one attached hydrogen (secondary N) is 2. The molecule has 0 amide bonds. The minimum Gasteiger partial charge on any atom is -0.280 e. The molecule has 0 fully saturated rings. The van der Waals surface area contributed by atoms with Gasteiger partial charge in [-0.25, -0.2) is 16.8 Å². The third-order valence-electron chi connectivity index (χ3n) is 4.12.